The number of benzene rings is 4. The zero-order valence-electron chi connectivity index (χ0n) is 19.9. The molecule has 0 bridgehead atoms. The van der Waals surface area contributed by atoms with Gasteiger partial charge in [-0.05, 0) is 59.1 Å². The van der Waals surface area contributed by atoms with E-state index in [1.165, 1.54) is 21.5 Å². The fourth-order valence-electron chi connectivity index (χ4n) is 4.62. The lowest BCUT2D eigenvalue weighted by molar-refractivity contribution is -0.660. The third-order valence-electron chi connectivity index (χ3n) is 6.10. The Morgan fingerprint density at radius 3 is 2.53 bits per heavy atom. The number of hydrogen-bond donors (Lipinski definition) is 0. The van der Waals surface area contributed by atoms with E-state index < -0.39 is 6.85 Å². The van der Waals surface area contributed by atoms with Gasteiger partial charge in [-0.3, -0.25) is 0 Å². The second kappa shape index (κ2) is 6.17. The highest BCUT2D eigenvalue weighted by atomic mass is 16.3. The molecule has 2 nitrogen and oxygen atoms in total. The normalized spacial score (nSPS) is 13.7. The first-order valence-electron chi connectivity index (χ1n) is 11.6. The number of rotatable bonds is 1. The highest BCUT2D eigenvalue weighted by molar-refractivity contribution is 6.17. The van der Waals surface area contributed by atoms with Crippen LogP contribution in [-0.4, -0.2) is 0 Å². The Bertz CT molecular complexity index is 1730. The summed E-state index contributed by atoms with van der Waals surface area (Å²) >= 11 is 0. The third kappa shape index (κ3) is 2.40. The monoisotopic (exact) mass is 391 g/mol. The van der Waals surface area contributed by atoms with Crippen molar-refractivity contribution in [2.45, 2.75) is 13.8 Å². The van der Waals surface area contributed by atoms with Crippen LogP contribution >= 0.6 is 0 Å². The molecule has 2 heterocycles. The van der Waals surface area contributed by atoms with Crippen molar-refractivity contribution in [3.05, 3.63) is 90.1 Å². The van der Waals surface area contributed by atoms with Gasteiger partial charge in [0.15, 0.2) is 6.20 Å². The average Bonchev–Trinajstić information content (AvgIpc) is 3.14. The molecule has 0 saturated heterocycles. The Labute approximate surface area is 179 Å². The second-order valence-electron chi connectivity index (χ2n) is 8.01. The fraction of sp³-hybridized carbons (Fsp3) is 0.107. The lowest BCUT2D eigenvalue weighted by Gasteiger charge is -2.06. The van der Waals surface area contributed by atoms with E-state index in [1.54, 1.807) is 12.3 Å². The van der Waals surface area contributed by atoms with Crippen LogP contribution in [0.5, 0.6) is 0 Å². The minimum Gasteiger partial charge on any atom is -0.455 e. The molecule has 2 aromatic heterocycles. The SMILES string of the molecule is [2H]C([2H])([2H])c1ccc(-c2c(C)ccc3c2oc2cc4c(ccc5ccccc54)cc23)[n+](C)c1. The lowest BCUT2D eigenvalue weighted by atomic mass is 9.98. The number of furan rings is 1. The minimum absolute atomic E-state index is 0.321. The van der Waals surface area contributed by atoms with Crippen molar-refractivity contribution < 1.29 is 13.1 Å². The summed E-state index contributed by atoms with van der Waals surface area (Å²) in [4.78, 5) is 0. The topological polar surface area (TPSA) is 17.0 Å². The van der Waals surface area contributed by atoms with E-state index in [-0.39, 0.29) is 0 Å². The molecule has 0 unspecified atom stereocenters. The summed E-state index contributed by atoms with van der Waals surface area (Å²) in [5, 5.41) is 6.90. The molecule has 0 fully saturated rings. The zero-order chi connectivity index (χ0) is 22.9. The molecule has 0 aliphatic rings. The molecule has 4 aromatic carbocycles. The van der Waals surface area contributed by atoms with E-state index in [1.807, 2.05) is 17.7 Å². The van der Waals surface area contributed by atoms with E-state index in [4.69, 9.17) is 8.53 Å². The maximum Gasteiger partial charge on any atom is 0.216 e. The Kier molecular flexibility index (Phi) is 2.95. The summed E-state index contributed by atoms with van der Waals surface area (Å²) in [7, 11) is 1.88. The molecule has 0 spiro atoms. The molecule has 0 N–H and O–H groups in total. The van der Waals surface area contributed by atoms with Gasteiger partial charge in [-0.25, -0.2) is 4.57 Å². The van der Waals surface area contributed by atoms with Gasteiger partial charge in [0.1, 0.15) is 18.2 Å². The van der Waals surface area contributed by atoms with Crippen LogP contribution < -0.4 is 4.57 Å². The van der Waals surface area contributed by atoms with Crippen molar-refractivity contribution in [3.63, 3.8) is 0 Å². The molecule has 6 rings (SSSR count). The van der Waals surface area contributed by atoms with Crippen molar-refractivity contribution in [3.8, 4) is 11.3 Å². The maximum absolute atomic E-state index is 7.72. The number of aryl methyl sites for hydroxylation is 3. The average molecular weight is 392 g/mol. The largest absolute Gasteiger partial charge is 0.455 e. The summed E-state index contributed by atoms with van der Waals surface area (Å²) < 4.78 is 31.5. The first-order valence-corrected chi connectivity index (χ1v) is 10.1. The van der Waals surface area contributed by atoms with Gasteiger partial charge in [0.2, 0.25) is 5.69 Å². The molecule has 30 heavy (non-hydrogen) atoms. The first kappa shape index (κ1) is 14.4. The first-order chi connectivity index (χ1) is 15.8. The fourth-order valence-corrected chi connectivity index (χ4v) is 4.62. The van der Waals surface area contributed by atoms with Gasteiger partial charge in [0, 0.05) is 26.5 Å². The number of nitrogens with zero attached hydrogens (tertiary/aromatic N) is 1. The van der Waals surface area contributed by atoms with Crippen molar-refractivity contribution >= 4 is 43.5 Å². The molecule has 0 saturated carbocycles. The Balaban J connectivity index is 1.66. The van der Waals surface area contributed by atoms with Gasteiger partial charge >= 0.3 is 0 Å². The van der Waals surface area contributed by atoms with Gasteiger partial charge in [-0.1, -0.05) is 48.5 Å². The van der Waals surface area contributed by atoms with Crippen LogP contribution in [0.3, 0.4) is 0 Å². The quantitative estimate of drug-likeness (QED) is 0.218. The van der Waals surface area contributed by atoms with Crippen LogP contribution in [-0.2, 0) is 7.05 Å². The van der Waals surface area contributed by atoms with Gasteiger partial charge in [0.25, 0.3) is 0 Å². The molecule has 0 atom stereocenters. The minimum atomic E-state index is -2.14. The van der Waals surface area contributed by atoms with Gasteiger partial charge < -0.3 is 4.42 Å². The van der Waals surface area contributed by atoms with E-state index in [0.717, 1.165) is 38.8 Å². The number of hydrogen-bond acceptors (Lipinski definition) is 1. The summed E-state index contributed by atoms with van der Waals surface area (Å²) in [6.07, 6.45) is 1.68. The van der Waals surface area contributed by atoms with Crippen molar-refractivity contribution in [2.24, 2.45) is 7.05 Å². The molecule has 144 valence electrons. The van der Waals surface area contributed by atoms with Crippen LogP contribution in [0, 0.1) is 13.8 Å². The van der Waals surface area contributed by atoms with Gasteiger partial charge in [0.05, 0.1) is 5.56 Å². The standard InChI is InChI=1S/C28H22NO/c1-17-8-13-25(29(3)16-17)27-18(2)9-12-22-24-14-20-11-10-19-6-4-5-7-21(19)23(20)15-26(24)30-28(22)27/h4-16H,1-3H3/q+1/i1D3. The molecule has 6 aromatic rings. The summed E-state index contributed by atoms with van der Waals surface area (Å²) in [5.41, 5.74) is 4.97. The smallest absolute Gasteiger partial charge is 0.216 e. The van der Waals surface area contributed by atoms with E-state index >= 15 is 0 Å². The molecule has 2 heteroatoms. The van der Waals surface area contributed by atoms with Crippen LogP contribution in [0.25, 0.3) is 54.7 Å². The Hall–Kier alpha value is -3.65. The van der Waals surface area contributed by atoms with E-state index in [0.29, 0.717) is 5.56 Å². The number of aromatic nitrogens is 1. The van der Waals surface area contributed by atoms with E-state index in [2.05, 4.69) is 67.6 Å². The molecular formula is C28H22NO+. The molecule has 0 aliphatic heterocycles. The summed E-state index contributed by atoms with van der Waals surface area (Å²) in [6.45, 7) is -0.0801. The molecule has 0 radical (unpaired) electrons. The van der Waals surface area contributed by atoms with Crippen molar-refractivity contribution in [1.82, 2.24) is 0 Å². The highest BCUT2D eigenvalue weighted by Gasteiger charge is 2.20. The Morgan fingerprint density at radius 2 is 1.67 bits per heavy atom. The highest BCUT2D eigenvalue weighted by Crippen LogP contribution is 2.39. The zero-order valence-corrected chi connectivity index (χ0v) is 16.9. The predicted octanol–water partition coefficient (Wildman–Crippen LogP) is 7.00. The predicted molar refractivity (Wildman–Crippen MR) is 125 cm³/mol. The number of fused-ring (bicyclic) bond motifs is 6. The van der Waals surface area contributed by atoms with Crippen molar-refractivity contribution in [2.75, 3.05) is 0 Å². The lowest BCUT2D eigenvalue weighted by Crippen LogP contribution is -2.31. The third-order valence-corrected chi connectivity index (χ3v) is 6.10. The van der Waals surface area contributed by atoms with E-state index in [9.17, 15) is 0 Å². The maximum atomic E-state index is 7.72. The van der Waals surface area contributed by atoms with Gasteiger partial charge in [-0.2, -0.15) is 0 Å². The van der Waals surface area contributed by atoms with Crippen LogP contribution in [0.1, 0.15) is 15.2 Å². The molecular weight excluding hydrogens is 366 g/mol. The van der Waals surface area contributed by atoms with Crippen molar-refractivity contribution in [1.29, 1.82) is 0 Å². The Morgan fingerprint density at radius 1 is 0.800 bits per heavy atom. The van der Waals surface area contributed by atoms with Gasteiger partial charge in [-0.15, -0.1) is 0 Å². The summed E-state index contributed by atoms with van der Waals surface area (Å²) in [6, 6.07) is 24.9. The summed E-state index contributed by atoms with van der Waals surface area (Å²) in [5.74, 6) is 0. The van der Waals surface area contributed by atoms with Crippen LogP contribution in [0.15, 0.2) is 83.4 Å². The van der Waals surface area contributed by atoms with Crippen LogP contribution in [0.4, 0.5) is 0 Å². The second-order valence-corrected chi connectivity index (χ2v) is 8.01. The van der Waals surface area contributed by atoms with Crippen LogP contribution in [0.2, 0.25) is 0 Å². The number of pyridine rings is 1. The molecule has 0 amide bonds. The molecule has 0 aliphatic carbocycles.